The molecule has 27 heavy (non-hydrogen) atoms. The number of hydrogen-bond acceptors (Lipinski definition) is 4. The van der Waals surface area contributed by atoms with E-state index in [-0.39, 0.29) is 29.1 Å². The van der Waals surface area contributed by atoms with E-state index in [1.165, 1.54) is 24.3 Å². The van der Waals surface area contributed by atoms with Crippen LogP contribution >= 0.6 is 0 Å². The minimum atomic E-state index is -4.93. The van der Waals surface area contributed by atoms with Gasteiger partial charge in [-0.2, -0.15) is 5.26 Å². The van der Waals surface area contributed by atoms with E-state index >= 15 is 0 Å². The van der Waals surface area contributed by atoms with Crippen LogP contribution in [0.2, 0.25) is 0 Å². The Morgan fingerprint density at radius 1 is 1.11 bits per heavy atom. The van der Waals surface area contributed by atoms with Crippen LogP contribution in [0.1, 0.15) is 16.9 Å². The van der Waals surface area contributed by atoms with Crippen LogP contribution in [0.15, 0.2) is 40.8 Å². The highest BCUT2D eigenvalue weighted by molar-refractivity contribution is 5.79. The SMILES string of the molecule is N#Cc1cc2cc(F)c(CNc3ccc(OC(F)(F)F)c(CF)c3)cc2o1. The number of nitrogens with one attached hydrogen (secondary N) is 1. The zero-order valence-corrected chi connectivity index (χ0v) is 13.5. The number of benzene rings is 2. The van der Waals surface area contributed by atoms with Crippen LogP contribution in [-0.4, -0.2) is 6.36 Å². The van der Waals surface area contributed by atoms with Crippen LogP contribution in [0.3, 0.4) is 0 Å². The van der Waals surface area contributed by atoms with Crippen molar-refractivity contribution < 1.29 is 31.1 Å². The molecule has 0 radical (unpaired) electrons. The summed E-state index contributed by atoms with van der Waals surface area (Å²) in [6.45, 7) is -1.19. The van der Waals surface area contributed by atoms with Crippen molar-refractivity contribution in [2.45, 2.75) is 19.6 Å². The Labute approximate surface area is 149 Å². The van der Waals surface area contributed by atoms with Gasteiger partial charge in [0.2, 0.25) is 5.76 Å². The molecule has 9 heteroatoms. The highest BCUT2D eigenvalue weighted by atomic mass is 19.4. The third-order valence-electron chi connectivity index (χ3n) is 3.71. The van der Waals surface area contributed by atoms with Gasteiger partial charge in [0.05, 0.1) is 0 Å². The number of nitriles is 1. The van der Waals surface area contributed by atoms with Crippen molar-refractivity contribution in [2.24, 2.45) is 0 Å². The van der Waals surface area contributed by atoms with Gasteiger partial charge >= 0.3 is 6.36 Å². The molecule has 1 N–H and O–H groups in total. The number of furan rings is 1. The molecule has 0 amide bonds. The fraction of sp³-hybridized carbons (Fsp3) is 0.167. The number of hydrogen-bond donors (Lipinski definition) is 1. The van der Waals surface area contributed by atoms with Crippen LogP contribution < -0.4 is 10.1 Å². The van der Waals surface area contributed by atoms with E-state index in [2.05, 4.69) is 10.1 Å². The minimum absolute atomic E-state index is 0.0322. The molecule has 0 spiro atoms. The topological polar surface area (TPSA) is 58.2 Å². The van der Waals surface area contributed by atoms with Crippen molar-refractivity contribution in [3.8, 4) is 11.8 Å². The maximum atomic E-state index is 14.2. The Hall–Kier alpha value is -3.28. The lowest BCUT2D eigenvalue weighted by molar-refractivity contribution is -0.275. The first-order valence-electron chi connectivity index (χ1n) is 7.59. The van der Waals surface area contributed by atoms with Crippen molar-refractivity contribution in [3.63, 3.8) is 0 Å². The molecule has 1 heterocycles. The molecule has 0 saturated carbocycles. The molecule has 0 bridgehead atoms. The van der Waals surface area contributed by atoms with Crippen LogP contribution in [0.25, 0.3) is 11.0 Å². The second kappa shape index (κ2) is 7.15. The standard InChI is InChI=1S/C18H11F5N2O2/c19-7-11-3-13(1-2-16(11)27-18(21,22)23)25-9-12-6-17-10(5-15(12)20)4-14(8-24)26-17/h1-6,25H,7,9H2. The molecule has 4 nitrogen and oxygen atoms in total. The Balaban J connectivity index is 1.79. The van der Waals surface area contributed by atoms with E-state index in [9.17, 15) is 22.0 Å². The predicted octanol–water partition coefficient (Wildman–Crippen LogP) is 5.42. The quantitative estimate of drug-likeness (QED) is 0.599. The van der Waals surface area contributed by atoms with Crippen LogP contribution in [0.5, 0.6) is 5.75 Å². The fourth-order valence-electron chi connectivity index (χ4n) is 2.51. The van der Waals surface area contributed by atoms with E-state index in [0.29, 0.717) is 11.0 Å². The lowest BCUT2D eigenvalue weighted by Crippen LogP contribution is -2.18. The minimum Gasteiger partial charge on any atom is -0.446 e. The highest BCUT2D eigenvalue weighted by Crippen LogP contribution is 2.30. The van der Waals surface area contributed by atoms with Crippen molar-refractivity contribution in [3.05, 3.63) is 59.1 Å². The number of anilines is 1. The van der Waals surface area contributed by atoms with E-state index < -0.39 is 24.6 Å². The largest absolute Gasteiger partial charge is 0.573 e. The van der Waals surface area contributed by atoms with E-state index in [0.717, 1.165) is 12.1 Å². The number of halogens is 5. The Morgan fingerprint density at radius 2 is 1.89 bits per heavy atom. The summed E-state index contributed by atoms with van der Waals surface area (Å²) in [5, 5.41) is 12.0. The van der Waals surface area contributed by atoms with Gasteiger partial charge in [-0.3, -0.25) is 0 Å². The molecule has 140 valence electrons. The van der Waals surface area contributed by atoms with Gasteiger partial charge in [-0.25, -0.2) is 8.78 Å². The molecular formula is C18H11F5N2O2. The maximum Gasteiger partial charge on any atom is 0.573 e. The van der Waals surface area contributed by atoms with Crippen LogP contribution in [0, 0.1) is 17.1 Å². The third kappa shape index (κ3) is 4.28. The number of nitrogens with zero attached hydrogens (tertiary/aromatic N) is 1. The van der Waals surface area contributed by atoms with Crippen molar-refractivity contribution >= 4 is 16.7 Å². The zero-order valence-electron chi connectivity index (χ0n) is 13.5. The average Bonchev–Trinajstić information content (AvgIpc) is 3.01. The van der Waals surface area contributed by atoms with Gasteiger partial charge in [-0.15, -0.1) is 13.2 Å². The summed E-state index contributed by atoms with van der Waals surface area (Å²) in [4.78, 5) is 0. The summed E-state index contributed by atoms with van der Waals surface area (Å²) in [5.41, 5.74) is 0.522. The van der Waals surface area contributed by atoms with Gasteiger partial charge in [-0.05, 0) is 30.3 Å². The van der Waals surface area contributed by atoms with Gasteiger partial charge in [0.1, 0.15) is 29.9 Å². The van der Waals surface area contributed by atoms with Gasteiger partial charge in [0.15, 0.2) is 0 Å². The summed E-state index contributed by atoms with van der Waals surface area (Å²) in [5.74, 6) is -1.15. The van der Waals surface area contributed by atoms with Crippen LogP contribution in [-0.2, 0) is 13.2 Å². The lowest BCUT2D eigenvalue weighted by atomic mass is 10.1. The molecule has 0 aliphatic carbocycles. The Kier molecular flexibility index (Phi) is 4.90. The Morgan fingerprint density at radius 3 is 2.56 bits per heavy atom. The second-order valence-electron chi connectivity index (χ2n) is 5.56. The number of ether oxygens (including phenoxy) is 1. The van der Waals surface area contributed by atoms with Crippen molar-refractivity contribution in [1.82, 2.24) is 0 Å². The van der Waals surface area contributed by atoms with E-state index in [4.69, 9.17) is 9.68 Å². The van der Waals surface area contributed by atoms with Gasteiger partial charge < -0.3 is 14.5 Å². The monoisotopic (exact) mass is 382 g/mol. The first-order chi connectivity index (χ1) is 12.8. The number of fused-ring (bicyclic) bond motifs is 1. The average molecular weight is 382 g/mol. The summed E-state index contributed by atoms with van der Waals surface area (Å²) in [6.07, 6.45) is -4.93. The molecule has 0 aliphatic heterocycles. The zero-order chi connectivity index (χ0) is 19.6. The first-order valence-corrected chi connectivity index (χ1v) is 7.59. The molecule has 3 aromatic rings. The fourth-order valence-corrected chi connectivity index (χ4v) is 2.51. The van der Waals surface area contributed by atoms with E-state index in [1.54, 1.807) is 0 Å². The van der Waals surface area contributed by atoms with Gasteiger partial charge in [-0.1, -0.05) is 0 Å². The summed E-state index contributed by atoms with van der Waals surface area (Å²) in [7, 11) is 0. The molecule has 0 fully saturated rings. The van der Waals surface area contributed by atoms with E-state index in [1.807, 2.05) is 6.07 Å². The molecule has 2 aromatic carbocycles. The molecular weight excluding hydrogens is 371 g/mol. The van der Waals surface area contributed by atoms with Gasteiger partial charge in [0, 0.05) is 34.8 Å². The van der Waals surface area contributed by atoms with Crippen LogP contribution in [0.4, 0.5) is 27.6 Å². The van der Waals surface area contributed by atoms with Crippen molar-refractivity contribution in [2.75, 3.05) is 5.32 Å². The lowest BCUT2D eigenvalue weighted by Gasteiger charge is -2.14. The maximum absolute atomic E-state index is 14.2. The third-order valence-corrected chi connectivity index (χ3v) is 3.71. The molecule has 0 unspecified atom stereocenters. The molecule has 0 aliphatic rings. The molecule has 1 aromatic heterocycles. The predicted molar refractivity (Wildman–Crippen MR) is 86.2 cm³/mol. The first kappa shape index (κ1) is 18.5. The van der Waals surface area contributed by atoms with Crippen molar-refractivity contribution in [1.29, 1.82) is 5.26 Å². The Bertz CT molecular complexity index is 1020. The molecule has 0 saturated heterocycles. The summed E-state index contributed by atoms with van der Waals surface area (Å²) < 4.78 is 73.0. The second-order valence-corrected chi connectivity index (χ2v) is 5.56. The number of alkyl halides is 4. The highest BCUT2D eigenvalue weighted by Gasteiger charge is 2.32. The number of rotatable bonds is 5. The van der Waals surface area contributed by atoms with Gasteiger partial charge in [0.25, 0.3) is 0 Å². The summed E-state index contributed by atoms with van der Waals surface area (Å²) >= 11 is 0. The molecule has 3 rings (SSSR count). The molecule has 0 atom stereocenters. The summed E-state index contributed by atoms with van der Waals surface area (Å²) in [6, 6.07) is 9.24. The smallest absolute Gasteiger partial charge is 0.446 e. The normalized spacial score (nSPS) is 11.4.